The molecule has 0 aliphatic rings. The summed E-state index contributed by atoms with van der Waals surface area (Å²) in [5.41, 5.74) is 2.20. The van der Waals surface area contributed by atoms with E-state index in [4.69, 9.17) is 5.41 Å². The van der Waals surface area contributed by atoms with E-state index in [2.05, 4.69) is 24.1 Å². The maximum Gasteiger partial charge on any atom is 0.280 e. The van der Waals surface area contributed by atoms with Crippen molar-refractivity contribution in [3.8, 4) is 22.7 Å². The van der Waals surface area contributed by atoms with E-state index in [1.807, 2.05) is 32.0 Å². The number of nitrogens with zero attached hydrogens (tertiary/aromatic N) is 3. The number of rotatable bonds is 11. The molecule has 4 rings (SSSR count). The predicted octanol–water partition coefficient (Wildman–Crippen LogP) is 5.29. The van der Waals surface area contributed by atoms with Gasteiger partial charge in [0.05, 0.1) is 22.5 Å². The molecule has 2 aromatic carbocycles. The van der Waals surface area contributed by atoms with E-state index in [1.54, 1.807) is 37.6 Å². The average molecular weight is 584 g/mol. The maximum atomic E-state index is 15.3. The van der Waals surface area contributed by atoms with Gasteiger partial charge in [-0.3, -0.25) is 19.6 Å². The van der Waals surface area contributed by atoms with Crippen LogP contribution in [-0.2, 0) is 26.3 Å². The molecular formula is C34H38FN5O3. The molecule has 0 aliphatic heterocycles. The number of nitrogens with one attached hydrogen (secondary N) is 2. The molecule has 0 amide bonds. The molecule has 8 nitrogen and oxygen atoms in total. The number of hydrogen-bond acceptors (Lipinski definition) is 6. The Morgan fingerprint density at radius 3 is 2.40 bits per heavy atom. The summed E-state index contributed by atoms with van der Waals surface area (Å²) in [6.07, 6.45) is 5.95. The Hall–Kier alpha value is -4.79. The number of benzene rings is 2. The number of aromatic hydroxyl groups is 1. The van der Waals surface area contributed by atoms with Crippen molar-refractivity contribution in [2.45, 2.75) is 47.0 Å². The minimum atomic E-state index is -0.703. The van der Waals surface area contributed by atoms with Crippen molar-refractivity contribution in [1.82, 2.24) is 19.4 Å². The number of pyridine rings is 1. The van der Waals surface area contributed by atoms with Crippen LogP contribution in [0.5, 0.6) is 5.88 Å². The molecule has 0 atom stereocenters. The third-order valence-electron chi connectivity index (χ3n) is 7.31. The Morgan fingerprint density at radius 2 is 1.77 bits per heavy atom. The fourth-order valence-corrected chi connectivity index (χ4v) is 5.01. The fourth-order valence-electron chi connectivity index (χ4n) is 5.01. The van der Waals surface area contributed by atoms with Gasteiger partial charge in [0.15, 0.2) is 5.82 Å². The van der Waals surface area contributed by atoms with Gasteiger partial charge in [-0.05, 0) is 65.9 Å². The van der Waals surface area contributed by atoms with Gasteiger partial charge in [-0.15, -0.1) is 0 Å². The van der Waals surface area contributed by atoms with E-state index in [1.165, 1.54) is 27.3 Å². The minimum absolute atomic E-state index is 0.00546. The molecule has 0 radical (unpaired) electrons. The normalized spacial score (nSPS) is 11.4. The van der Waals surface area contributed by atoms with Crippen LogP contribution in [0.15, 0.2) is 76.6 Å². The van der Waals surface area contributed by atoms with Crippen molar-refractivity contribution < 1.29 is 9.50 Å². The zero-order chi connectivity index (χ0) is 31.3. The number of allylic oxidation sites excluding steroid dienone is 1. The lowest BCUT2D eigenvalue weighted by atomic mass is 10.00. The Kier molecular flexibility index (Phi) is 9.75. The lowest BCUT2D eigenvalue weighted by Crippen LogP contribution is -2.25. The number of para-hydroxylation sites is 1. The Balaban J connectivity index is 1.85. The number of halogens is 1. The van der Waals surface area contributed by atoms with Gasteiger partial charge in [-0.1, -0.05) is 58.0 Å². The van der Waals surface area contributed by atoms with Crippen molar-refractivity contribution in [3.63, 3.8) is 0 Å². The Labute approximate surface area is 250 Å². The molecule has 4 aromatic rings. The number of hydrogen-bond donors (Lipinski definition) is 3. The van der Waals surface area contributed by atoms with Gasteiger partial charge in [0.1, 0.15) is 5.82 Å². The topological polar surface area (TPSA) is 113 Å². The average Bonchev–Trinajstić information content (AvgIpc) is 2.98. The molecular weight excluding hydrogens is 545 g/mol. The van der Waals surface area contributed by atoms with E-state index in [-0.39, 0.29) is 46.1 Å². The van der Waals surface area contributed by atoms with Gasteiger partial charge in [0.25, 0.3) is 11.1 Å². The first kappa shape index (κ1) is 31.2. The first-order chi connectivity index (χ1) is 20.6. The van der Waals surface area contributed by atoms with Crippen molar-refractivity contribution in [2.24, 2.45) is 13.0 Å². The van der Waals surface area contributed by atoms with Gasteiger partial charge in [0.2, 0.25) is 5.88 Å². The quantitative estimate of drug-likeness (QED) is 0.208. The van der Waals surface area contributed by atoms with Gasteiger partial charge >= 0.3 is 0 Å². The summed E-state index contributed by atoms with van der Waals surface area (Å²) in [6.45, 7) is 8.84. The molecule has 2 heterocycles. The smallest absolute Gasteiger partial charge is 0.280 e. The third kappa shape index (κ3) is 6.66. The van der Waals surface area contributed by atoms with Crippen LogP contribution >= 0.6 is 0 Å². The third-order valence-corrected chi connectivity index (χ3v) is 7.31. The summed E-state index contributed by atoms with van der Waals surface area (Å²) in [5.74, 6) is -0.555. The van der Waals surface area contributed by atoms with Crippen LogP contribution in [0.2, 0.25) is 0 Å². The molecule has 0 aliphatic carbocycles. The van der Waals surface area contributed by atoms with Crippen molar-refractivity contribution in [3.05, 3.63) is 122 Å². The van der Waals surface area contributed by atoms with Crippen LogP contribution in [-0.4, -0.2) is 31.5 Å². The second-order valence-electron chi connectivity index (χ2n) is 10.9. The highest BCUT2D eigenvalue weighted by molar-refractivity contribution is 6.04. The summed E-state index contributed by atoms with van der Waals surface area (Å²) in [4.78, 5) is 30.2. The van der Waals surface area contributed by atoms with Crippen LogP contribution in [0.3, 0.4) is 0 Å². The molecule has 0 unspecified atom stereocenters. The maximum absolute atomic E-state index is 15.3. The summed E-state index contributed by atoms with van der Waals surface area (Å²) in [7, 11) is 1.60. The van der Waals surface area contributed by atoms with Crippen molar-refractivity contribution in [1.29, 1.82) is 5.41 Å². The zero-order valence-corrected chi connectivity index (χ0v) is 25.2. The highest BCUT2D eigenvalue weighted by Crippen LogP contribution is 2.30. The molecule has 0 saturated carbocycles. The van der Waals surface area contributed by atoms with E-state index < -0.39 is 11.4 Å². The summed E-state index contributed by atoms with van der Waals surface area (Å²) >= 11 is 0. The van der Waals surface area contributed by atoms with Crippen LogP contribution in [0.25, 0.3) is 16.8 Å². The lowest BCUT2D eigenvalue weighted by Gasteiger charge is -2.22. The van der Waals surface area contributed by atoms with E-state index >= 15 is 4.39 Å². The second-order valence-corrected chi connectivity index (χ2v) is 10.9. The van der Waals surface area contributed by atoms with Crippen LogP contribution in [0, 0.1) is 17.1 Å². The monoisotopic (exact) mass is 583 g/mol. The molecule has 0 spiro atoms. The first-order valence-electron chi connectivity index (χ1n) is 14.5. The van der Waals surface area contributed by atoms with Crippen molar-refractivity contribution in [2.75, 3.05) is 6.54 Å². The molecule has 2 aromatic heterocycles. The highest BCUT2D eigenvalue weighted by Gasteiger charge is 2.23. The molecule has 224 valence electrons. The number of aromatic nitrogens is 3. The Bertz CT molecular complexity index is 1780. The van der Waals surface area contributed by atoms with Gasteiger partial charge < -0.3 is 15.0 Å². The zero-order valence-electron chi connectivity index (χ0n) is 25.2. The number of aryl methyl sites for hydroxylation is 3. The molecule has 43 heavy (non-hydrogen) atoms. The first-order valence-corrected chi connectivity index (χ1v) is 14.5. The van der Waals surface area contributed by atoms with Gasteiger partial charge in [0, 0.05) is 31.8 Å². The molecule has 0 bridgehead atoms. The standard InChI is InChI=1S/C34H38FN5O3/c1-6-23-10-8-11-24(7-2)30(23)40-31(29(36)15-16-37-20-21(3)4)38-32(41)27(34(40)43)18-22-13-14-25(28(35)19-22)26-12-9-17-39(5)33(26)42/h8-17,19,21,36-37,43H,6-7,18,20H2,1-5H3/b16-15-,36-29?. The SMILES string of the molecule is CCc1cccc(CC)c1-n1c(C(=N)/C=C\NCC(C)C)nc(=O)c(Cc2ccc(-c3cccn(C)c3=O)c(F)c2)c1O. The lowest BCUT2D eigenvalue weighted by molar-refractivity contribution is 0.426. The van der Waals surface area contributed by atoms with E-state index in [0.717, 1.165) is 11.1 Å². The molecule has 0 fully saturated rings. The predicted molar refractivity (Wildman–Crippen MR) is 169 cm³/mol. The molecule has 9 heteroatoms. The molecule has 0 saturated heterocycles. The summed E-state index contributed by atoms with van der Waals surface area (Å²) in [5, 5.41) is 23.6. The van der Waals surface area contributed by atoms with Crippen LogP contribution in [0.1, 0.15) is 55.8 Å². The van der Waals surface area contributed by atoms with Crippen LogP contribution in [0.4, 0.5) is 4.39 Å². The van der Waals surface area contributed by atoms with Crippen LogP contribution < -0.4 is 16.4 Å². The largest absolute Gasteiger partial charge is 0.494 e. The highest BCUT2D eigenvalue weighted by atomic mass is 19.1. The second kappa shape index (κ2) is 13.5. The van der Waals surface area contributed by atoms with E-state index in [0.29, 0.717) is 36.6 Å². The van der Waals surface area contributed by atoms with Gasteiger partial charge in [-0.25, -0.2) is 4.39 Å². The van der Waals surface area contributed by atoms with Crippen molar-refractivity contribution >= 4 is 5.71 Å². The minimum Gasteiger partial charge on any atom is -0.494 e. The molecule has 3 N–H and O–H groups in total. The van der Waals surface area contributed by atoms with E-state index in [9.17, 15) is 14.7 Å². The summed E-state index contributed by atoms with van der Waals surface area (Å²) in [6, 6.07) is 13.5. The van der Waals surface area contributed by atoms with Gasteiger partial charge in [-0.2, -0.15) is 4.98 Å². The fraction of sp³-hybridized carbons (Fsp3) is 0.294. The Morgan fingerprint density at radius 1 is 1.07 bits per heavy atom. The summed E-state index contributed by atoms with van der Waals surface area (Å²) < 4.78 is 18.2.